The zero-order valence-electron chi connectivity index (χ0n) is 10.8. The first-order valence-corrected chi connectivity index (χ1v) is 7.70. The van der Waals surface area contributed by atoms with Gasteiger partial charge in [0, 0.05) is 28.7 Å². The van der Waals surface area contributed by atoms with Crippen molar-refractivity contribution >= 4 is 27.3 Å². The van der Waals surface area contributed by atoms with Crippen LogP contribution >= 0.6 is 27.3 Å². The summed E-state index contributed by atoms with van der Waals surface area (Å²) in [5.74, 6) is 0.829. The summed E-state index contributed by atoms with van der Waals surface area (Å²) in [4.78, 5) is 4.56. The zero-order chi connectivity index (χ0) is 13.9. The van der Waals surface area contributed by atoms with Crippen LogP contribution in [0.1, 0.15) is 5.69 Å². The van der Waals surface area contributed by atoms with Gasteiger partial charge >= 0.3 is 0 Å². The van der Waals surface area contributed by atoms with Crippen LogP contribution in [0.5, 0.6) is 5.75 Å². The van der Waals surface area contributed by atoms with E-state index in [4.69, 9.17) is 4.74 Å². The molecular formula is C14H12BrN3OS. The Balaban J connectivity index is 1.68. The molecule has 0 N–H and O–H groups in total. The fraction of sp³-hybridized carbons (Fsp3) is 0.143. The van der Waals surface area contributed by atoms with E-state index in [1.54, 1.807) is 16.0 Å². The Kier molecular flexibility index (Phi) is 3.84. The number of hydrogen-bond acceptors (Lipinski definition) is 4. The Morgan fingerprint density at radius 2 is 2.30 bits per heavy atom. The van der Waals surface area contributed by atoms with E-state index < -0.39 is 0 Å². The van der Waals surface area contributed by atoms with E-state index in [2.05, 4.69) is 26.0 Å². The fourth-order valence-electron chi connectivity index (χ4n) is 1.75. The van der Waals surface area contributed by atoms with Gasteiger partial charge in [-0.3, -0.25) is 4.68 Å². The predicted octanol–water partition coefficient (Wildman–Crippen LogP) is 3.89. The van der Waals surface area contributed by atoms with Crippen LogP contribution in [-0.4, -0.2) is 14.8 Å². The Hall–Kier alpha value is -1.66. The molecule has 0 aliphatic heterocycles. The molecule has 0 amide bonds. The first-order chi connectivity index (χ1) is 9.70. The van der Waals surface area contributed by atoms with Gasteiger partial charge in [-0.2, -0.15) is 5.10 Å². The lowest BCUT2D eigenvalue weighted by Crippen LogP contribution is -1.95. The van der Waals surface area contributed by atoms with Gasteiger partial charge in [-0.25, -0.2) is 4.98 Å². The van der Waals surface area contributed by atoms with E-state index in [0.29, 0.717) is 6.61 Å². The van der Waals surface area contributed by atoms with Crippen molar-refractivity contribution in [2.45, 2.75) is 6.61 Å². The van der Waals surface area contributed by atoms with E-state index in [0.717, 1.165) is 26.5 Å². The van der Waals surface area contributed by atoms with Crippen LogP contribution < -0.4 is 4.74 Å². The minimum atomic E-state index is 0.465. The predicted molar refractivity (Wildman–Crippen MR) is 82.8 cm³/mol. The van der Waals surface area contributed by atoms with Crippen molar-refractivity contribution in [3.8, 4) is 16.3 Å². The topological polar surface area (TPSA) is 39.9 Å². The number of aromatic nitrogens is 3. The molecule has 20 heavy (non-hydrogen) atoms. The van der Waals surface area contributed by atoms with Crippen LogP contribution in [0.3, 0.4) is 0 Å². The molecule has 4 nitrogen and oxygen atoms in total. The molecule has 0 atom stereocenters. The van der Waals surface area contributed by atoms with Crippen LogP contribution in [0.2, 0.25) is 0 Å². The van der Waals surface area contributed by atoms with Crippen LogP contribution in [-0.2, 0) is 13.7 Å². The largest absolute Gasteiger partial charge is 0.487 e. The third kappa shape index (κ3) is 3.08. The molecule has 0 radical (unpaired) electrons. The first kappa shape index (κ1) is 13.3. The van der Waals surface area contributed by atoms with Gasteiger partial charge in [0.1, 0.15) is 17.4 Å². The monoisotopic (exact) mass is 349 g/mol. The molecule has 0 saturated heterocycles. The number of ether oxygens (including phenoxy) is 1. The maximum Gasteiger partial charge on any atom is 0.131 e. The van der Waals surface area contributed by atoms with Crippen molar-refractivity contribution < 1.29 is 4.74 Å². The Labute approximate surface area is 129 Å². The molecule has 0 unspecified atom stereocenters. The van der Waals surface area contributed by atoms with Crippen LogP contribution in [0.25, 0.3) is 10.6 Å². The summed E-state index contributed by atoms with van der Waals surface area (Å²) >= 11 is 5.02. The van der Waals surface area contributed by atoms with Gasteiger partial charge in [-0.05, 0) is 18.2 Å². The molecule has 2 heterocycles. The number of nitrogens with zero attached hydrogens (tertiary/aromatic N) is 3. The number of thiazole rings is 1. The van der Waals surface area contributed by atoms with Crippen molar-refractivity contribution in [1.82, 2.24) is 14.8 Å². The van der Waals surface area contributed by atoms with E-state index in [1.807, 2.05) is 49.1 Å². The molecule has 0 spiro atoms. The summed E-state index contributed by atoms with van der Waals surface area (Å²) in [7, 11) is 1.90. The van der Waals surface area contributed by atoms with Crippen molar-refractivity contribution in [1.29, 1.82) is 0 Å². The maximum atomic E-state index is 5.72. The van der Waals surface area contributed by atoms with E-state index >= 15 is 0 Å². The number of aryl methyl sites for hydroxylation is 1. The minimum Gasteiger partial charge on any atom is -0.487 e. The lowest BCUT2D eigenvalue weighted by Gasteiger charge is -2.03. The van der Waals surface area contributed by atoms with Gasteiger partial charge in [-0.1, -0.05) is 22.0 Å². The van der Waals surface area contributed by atoms with E-state index in [-0.39, 0.29) is 0 Å². The third-order valence-corrected chi connectivity index (χ3v) is 4.12. The molecule has 3 rings (SSSR count). The average Bonchev–Trinajstić information content (AvgIpc) is 3.05. The van der Waals surface area contributed by atoms with Gasteiger partial charge < -0.3 is 4.74 Å². The van der Waals surface area contributed by atoms with E-state index in [9.17, 15) is 0 Å². The third-order valence-electron chi connectivity index (χ3n) is 2.69. The molecule has 0 aliphatic carbocycles. The smallest absolute Gasteiger partial charge is 0.131 e. The molecule has 0 bridgehead atoms. The average molecular weight is 350 g/mol. The van der Waals surface area contributed by atoms with Gasteiger partial charge in [0.25, 0.3) is 0 Å². The molecule has 102 valence electrons. The molecule has 6 heteroatoms. The molecule has 3 aromatic rings. The normalized spacial score (nSPS) is 10.7. The van der Waals surface area contributed by atoms with Crippen LogP contribution in [0.15, 0.2) is 46.5 Å². The first-order valence-electron chi connectivity index (χ1n) is 6.02. The second-order valence-electron chi connectivity index (χ2n) is 4.29. The van der Waals surface area contributed by atoms with Crippen molar-refractivity contribution in [3.05, 3.63) is 52.2 Å². The highest BCUT2D eigenvalue weighted by Gasteiger charge is 2.07. The molecule has 0 saturated carbocycles. The van der Waals surface area contributed by atoms with Crippen molar-refractivity contribution in [2.75, 3.05) is 0 Å². The molecule has 1 aromatic carbocycles. The molecule has 0 aliphatic rings. The fourth-order valence-corrected chi connectivity index (χ4v) is 2.91. The van der Waals surface area contributed by atoms with Crippen LogP contribution in [0, 0.1) is 0 Å². The van der Waals surface area contributed by atoms with Gasteiger partial charge in [0.2, 0.25) is 0 Å². The Bertz CT molecular complexity index is 723. The number of halogens is 1. The van der Waals surface area contributed by atoms with Crippen molar-refractivity contribution in [2.24, 2.45) is 7.05 Å². The summed E-state index contributed by atoms with van der Waals surface area (Å²) in [6.07, 6.45) is 3.77. The summed E-state index contributed by atoms with van der Waals surface area (Å²) < 4.78 is 8.50. The summed E-state index contributed by atoms with van der Waals surface area (Å²) in [5.41, 5.74) is 1.96. The highest BCUT2D eigenvalue weighted by molar-refractivity contribution is 9.10. The highest BCUT2D eigenvalue weighted by atomic mass is 79.9. The second kappa shape index (κ2) is 5.76. The quantitative estimate of drug-likeness (QED) is 0.717. The number of benzene rings is 1. The van der Waals surface area contributed by atoms with E-state index in [1.165, 1.54) is 0 Å². The van der Waals surface area contributed by atoms with Gasteiger partial charge in [-0.15, -0.1) is 11.3 Å². The van der Waals surface area contributed by atoms with Crippen LogP contribution in [0.4, 0.5) is 0 Å². The summed E-state index contributed by atoms with van der Waals surface area (Å²) in [6, 6.07) is 7.78. The molecular weight excluding hydrogens is 338 g/mol. The molecule has 2 aromatic heterocycles. The Morgan fingerprint density at radius 3 is 3.05 bits per heavy atom. The van der Waals surface area contributed by atoms with Crippen molar-refractivity contribution in [3.63, 3.8) is 0 Å². The van der Waals surface area contributed by atoms with Gasteiger partial charge in [0.05, 0.1) is 11.9 Å². The highest BCUT2D eigenvalue weighted by Crippen LogP contribution is 2.24. The number of hydrogen-bond donors (Lipinski definition) is 0. The number of rotatable bonds is 4. The zero-order valence-corrected chi connectivity index (χ0v) is 13.2. The SMILES string of the molecule is Cn1cc(-c2nc(COc3cccc(Br)c3)cs2)cn1. The maximum absolute atomic E-state index is 5.72. The summed E-state index contributed by atoms with van der Waals surface area (Å²) in [6.45, 7) is 0.465. The lowest BCUT2D eigenvalue weighted by atomic mass is 10.3. The second-order valence-corrected chi connectivity index (χ2v) is 6.07. The standard InChI is InChI=1S/C14H12BrN3OS/c1-18-7-10(6-16-18)14-17-12(9-20-14)8-19-13-4-2-3-11(15)5-13/h2-7,9H,8H2,1H3. The Morgan fingerprint density at radius 1 is 1.40 bits per heavy atom. The molecule has 0 fully saturated rings. The summed E-state index contributed by atoms with van der Waals surface area (Å²) in [5, 5.41) is 7.13. The lowest BCUT2D eigenvalue weighted by molar-refractivity contribution is 0.302. The minimum absolute atomic E-state index is 0.465. The van der Waals surface area contributed by atoms with Gasteiger partial charge in [0.15, 0.2) is 0 Å².